The average Bonchev–Trinajstić information content (AvgIpc) is 2.73. The van der Waals surface area contributed by atoms with Crippen molar-refractivity contribution in [3.63, 3.8) is 0 Å². The normalized spacial score (nSPS) is 11.5. The van der Waals surface area contributed by atoms with E-state index >= 15 is 0 Å². The highest BCUT2D eigenvalue weighted by atomic mass is 32.2. The minimum atomic E-state index is -3.95. The van der Waals surface area contributed by atoms with Gasteiger partial charge in [0.05, 0.1) is 6.61 Å². The van der Waals surface area contributed by atoms with Crippen molar-refractivity contribution in [1.29, 1.82) is 0 Å². The van der Waals surface area contributed by atoms with Crippen LogP contribution < -0.4 is 8.92 Å². The molecule has 5 nitrogen and oxygen atoms in total. The molecule has 2 aromatic carbocycles. The van der Waals surface area contributed by atoms with Gasteiger partial charge in [-0.1, -0.05) is 62.8 Å². The lowest BCUT2D eigenvalue weighted by Crippen LogP contribution is -2.10. The monoisotopic (exact) mass is 427 g/mol. The molecule has 0 spiro atoms. The van der Waals surface area contributed by atoms with Crippen LogP contribution in [-0.4, -0.2) is 20.0 Å². The van der Waals surface area contributed by atoms with Gasteiger partial charge in [-0.15, -0.1) is 0 Å². The molecule has 0 N–H and O–H groups in total. The smallest absolute Gasteiger partial charge is 0.339 e. The molecule has 0 amide bonds. The van der Waals surface area contributed by atoms with Gasteiger partial charge in [0.1, 0.15) is 16.2 Å². The van der Waals surface area contributed by atoms with Gasteiger partial charge < -0.3 is 8.92 Å². The Labute approximate surface area is 179 Å². The average molecular weight is 428 g/mol. The lowest BCUT2D eigenvalue weighted by atomic mass is 10.1. The lowest BCUT2D eigenvalue weighted by Gasteiger charge is -2.12. The number of benzene rings is 2. The highest BCUT2D eigenvalue weighted by molar-refractivity contribution is 7.87. The molecule has 3 aromatic rings. The van der Waals surface area contributed by atoms with Crippen LogP contribution in [0, 0.1) is 6.92 Å². The van der Waals surface area contributed by atoms with Gasteiger partial charge in [0.2, 0.25) is 0 Å². The maximum Gasteiger partial charge on any atom is 0.339 e. The van der Waals surface area contributed by atoms with Gasteiger partial charge in [0, 0.05) is 11.6 Å². The van der Waals surface area contributed by atoms with Crippen molar-refractivity contribution in [2.75, 3.05) is 6.61 Å². The molecule has 0 unspecified atom stereocenters. The molecule has 0 fully saturated rings. The first-order chi connectivity index (χ1) is 14.5. The fourth-order valence-electron chi connectivity index (χ4n) is 3.25. The maximum atomic E-state index is 12.7. The number of aryl methyl sites for hydroxylation is 1. The predicted octanol–water partition coefficient (Wildman–Crippen LogP) is 6.05. The van der Waals surface area contributed by atoms with E-state index in [0.717, 1.165) is 23.8 Å². The van der Waals surface area contributed by atoms with E-state index in [1.165, 1.54) is 37.8 Å². The van der Waals surface area contributed by atoms with Crippen molar-refractivity contribution < 1.29 is 17.3 Å². The first kappa shape index (κ1) is 22.1. The SMILES string of the molecule is CCCCCCCCOc1ccnc2c(OS(=O)(=O)c3ccc(C)cc3)cccc12. The Morgan fingerprint density at radius 1 is 0.867 bits per heavy atom. The third-order valence-electron chi connectivity index (χ3n) is 4.96. The van der Waals surface area contributed by atoms with Crippen molar-refractivity contribution in [2.45, 2.75) is 57.3 Å². The third-order valence-corrected chi connectivity index (χ3v) is 6.21. The number of fused-ring (bicyclic) bond motifs is 1. The summed E-state index contributed by atoms with van der Waals surface area (Å²) < 4.78 is 36.8. The van der Waals surface area contributed by atoms with Gasteiger partial charge >= 0.3 is 10.1 Å². The van der Waals surface area contributed by atoms with Crippen LogP contribution >= 0.6 is 0 Å². The quantitative estimate of drug-likeness (QED) is 0.275. The van der Waals surface area contributed by atoms with Crippen LogP contribution in [0.25, 0.3) is 10.9 Å². The molecule has 0 aliphatic carbocycles. The Balaban J connectivity index is 1.73. The highest BCUT2D eigenvalue weighted by Gasteiger charge is 2.19. The summed E-state index contributed by atoms with van der Waals surface area (Å²) in [6.45, 7) is 4.73. The minimum absolute atomic E-state index is 0.112. The molecule has 30 heavy (non-hydrogen) atoms. The molecule has 160 valence electrons. The molecule has 0 saturated carbocycles. The standard InChI is InChI=1S/C24H29NO4S/c1-3-4-5-6-7-8-18-28-22-16-17-25-24-21(22)10-9-11-23(24)29-30(26,27)20-14-12-19(2)13-15-20/h9-17H,3-8,18H2,1-2H3. The predicted molar refractivity (Wildman–Crippen MR) is 120 cm³/mol. The Hall–Kier alpha value is -2.60. The molecule has 0 radical (unpaired) electrons. The van der Waals surface area contributed by atoms with E-state index in [0.29, 0.717) is 17.9 Å². The van der Waals surface area contributed by atoms with Gasteiger partial charge in [0.25, 0.3) is 0 Å². The van der Waals surface area contributed by atoms with Gasteiger partial charge in [-0.25, -0.2) is 0 Å². The lowest BCUT2D eigenvalue weighted by molar-refractivity contribution is 0.307. The Morgan fingerprint density at radius 2 is 1.60 bits per heavy atom. The molecule has 0 saturated heterocycles. The number of ether oxygens (including phenoxy) is 1. The zero-order valence-electron chi connectivity index (χ0n) is 17.6. The molecule has 3 rings (SSSR count). The summed E-state index contributed by atoms with van der Waals surface area (Å²) >= 11 is 0. The number of aromatic nitrogens is 1. The Morgan fingerprint density at radius 3 is 2.37 bits per heavy atom. The van der Waals surface area contributed by atoms with Crippen molar-refractivity contribution in [3.8, 4) is 11.5 Å². The second kappa shape index (κ2) is 10.4. The van der Waals surface area contributed by atoms with Crippen LogP contribution in [0.15, 0.2) is 59.6 Å². The number of hydrogen-bond donors (Lipinski definition) is 0. The molecule has 1 heterocycles. The molecule has 6 heteroatoms. The van der Waals surface area contributed by atoms with Gasteiger partial charge in [-0.3, -0.25) is 4.98 Å². The first-order valence-corrected chi connectivity index (χ1v) is 11.9. The van der Waals surface area contributed by atoms with E-state index in [2.05, 4.69) is 11.9 Å². The number of unbranched alkanes of at least 4 members (excludes halogenated alkanes) is 5. The molecule has 0 aliphatic rings. The van der Waals surface area contributed by atoms with Crippen LogP contribution in [0.3, 0.4) is 0 Å². The summed E-state index contributed by atoms with van der Waals surface area (Å²) in [5.41, 5.74) is 1.45. The summed E-state index contributed by atoms with van der Waals surface area (Å²) in [4.78, 5) is 4.45. The van der Waals surface area contributed by atoms with Crippen molar-refractivity contribution in [2.24, 2.45) is 0 Å². The molecule has 1 aromatic heterocycles. The molecular formula is C24H29NO4S. The van der Waals surface area contributed by atoms with Crippen LogP contribution in [-0.2, 0) is 10.1 Å². The van der Waals surface area contributed by atoms with Gasteiger partial charge in [-0.05, 0) is 43.7 Å². The fourth-order valence-corrected chi connectivity index (χ4v) is 4.19. The molecule has 0 bridgehead atoms. The largest absolute Gasteiger partial charge is 0.493 e. The number of rotatable bonds is 11. The van der Waals surface area contributed by atoms with E-state index < -0.39 is 10.1 Å². The summed E-state index contributed by atoms with van der Waals surface area (Å²) in [6, 6.07) is 13.6. The van der Waals surface area contributed by atoms with Crippen LogP contribution in [0.4, 0.5) is 0 Å². The zero-order valence-corrected chi connectivity index (χ0v) is 18.5. The summed E-state index contributed by atoms with van der Waals surface area (Å²) in [6.07, 6.45) is 8.77. The van der Waals surface area contributed by atoms with Crippen LogP contribution in [0.5, 0.6) is 11.5 Å². The number of pyridine rings is 1. The van der Waals surface area contributed by atoms with E-state index in [4.69, 9.17) is 8.92 Å². The highest BCUT2D eigenvalue weighted by Crippen LogP contribution is 2.32. The molecule has 0 aliphatic heterocycles. The number of hydrogen-bond acceptors (Lipinski definition) is 5. The topological polar surface area (TPSA) is 65.5 Å². The maximum absolute atomic E-state index is 12.7. The molecule has 0 atom stereocenters. The molecular weight excluding hydrogens is 398 g/mol. The van der Waals surface area contributed by atoms with Crippen molar-refractivity contribution in [3.05, 3.63) is 60.3 Å². The minimum Gasteiger partial charge on any atom is -0.493 e. The Kier molecular flexibility index (Phi) is 7.69. The van der Waals surface area contributed by atoms with E-state index in [1.54, 1.807) is 36.5 Å². The van der Waals surface area contributed by atoms with E-state index in [9.17, 15) is 8.42 Å². The fraction of sp³-hybridized carbons (Fsp3) is 0.375. The van der Waals surface area contributed by atoms with Gasteiger partial charge in [-0.2, -0.15) is 8.42 Å². The van der Waals surface area contributed by atoms with Crippen LogP contribution in [0.1, 0.15) is 51.0 Å². The third kappa shape index (κ3) is 5.72. The van der Waals surface area contributed by atoms with Crippen LogP contribution in [0.2, 0.25) is 0 Å². The first-order valence-electron chi connectivity index (χ1n) is 10.5. The Bertz CT molecular complexity index is 1060. The van der Waals surface area contributed by atoms with E-state index in [-0.39, 0.29) is 10.6 Å². The summed E-state index contributed by atoms with van der Waals surface area (Å²) in [7, 11) is -3.95. The van der Waals surface area contributed by atoms with Gasteiger partial charge in [0.15, 0.2) is 5.75 Å². The zero-order chi connectivity index (χ0) is 21.4. The summed E-state index contributed by atoms with van der Waals surface area (Å²) in [5, 5.41) is 0.736. The van der Waals surface area contributed by atoms with Crippen molar-refractivity contribution in [1.82, 2.24) is 4.98 Å². The number of nitrogens with zero attached hydrogens (tertiary/aromatic N) is 1. The second-order valence-electron chi connectivity index (χ2n) is 7.43. The number of para-hydroxylation sites is 1. The second-order valence-corrected chi connectivity index (χ2v) is 8.97. The van der Waals surface area contributed by atoms with Crippen molar-refractivity contribution >= 4 is 21.0 Å². The van der Waals surface area contributed by atoms with E-state index in [1.807, 2.05) is 13.0 Å². The summed E-state index contributed by atoms with van der Waals surface area (Å²) in [5.74, 6) is 0.879.